The second kappa shape index (κ2) is 7.90. The number of carboxylic acids is 1. The summed E-state index contributed by atoms with van der Waals surface area (Å²) in [6, 6.07) is 9.47. The number of para-hydroxylation sites is 1. The standard InChI is InChI=1S/C20H16F3N3O4/c1-26(2)18(27)14-10-24-15-8-7-11(30-20(21,22)23)9-13(15)17(14)25-16-6-4-3-5-12(16)19(28)29/h3-10H,1-2H3,(H,24,25)(H,28,29). The third kappa shape index (κ3) is 4.43. The molecule has 1 aromatic heterocycles. The van der Waals surface area contributed by atoms with Gasteiger partial charge in [-0.3, -0.25) is 9.78 Å². The fraction of sp³-hybridized carbons (Fsp3) is 0.150. The van der Waals surface area contributed by atoms with E-state index >= 15 is 0 Å². The number of carbonyl (C=O) groups excluding carboxylic acids is 1. The van der Waals surface area contributed by atoms with Gasteiger partial charge >= 0.3 is 12.3 Å². The Hall–Kier alpha value is -3.82. The molecular formula is C20H16F3N3O4. The molecule has 0 atom stereocenters. The predicted octanol–water partition coefficient (Wildman–Crippen LogP) is 4.28. The lowest BCUT2D eigenvalue weighted by Gasteiger charge is -2.18. The van der Waals surface area contributed by atoms with Crippen LogP contribution in [-0.2, 0) is 0 Å². The van der Waals surface area contributed by atoms with Crippen LogP contribution in [0.3, 0.4) is 0 Å². The number of fused-ring (bicyclic) bond motifs is 1. The molecule has 0 spiro atoms. The minimum absolute atomic E-state index is 0.0526. The predicted molar refractivity (Wildman–Crippen MR) is 103 cm³/mol. The van der Waals surface area contributed by atoms with Gasteiger partial charge in [0.05, 0.1) is 28.0 Å². The van der Waals surface area contributed by atoms with Gasteiger partial charge in [-0.1, -0.05) is 12.1 Å². The van der Waals surface area contributed by atoms with Crippen molar-refractivity contribution in [3.63, 3.8) is 0 Å². The zero-order valence-corrected chi connectivity index (χ0v) is 15.8. The molecule has 1 amide bonds. The maximum absolute atomic E-state index is 12.7. The van der Waals surface area contributed by atoms with Gasteiger partial charge in [-0.05, 0) is 30.3 Å². The van der Waals surface area contributed by atoms with Crippen LogP contribution in [0.2, 0.25) is 0 Å². The quantitative estimate of drug-likeness (QED) is 0.642. The van der Waals surface area contributed by atoms with E-state index in [4.69, 9.17) is 0 Å². The summed E-state index contributed by atoms with van der Waals surface area (Å²) in [7, 11) is 3.01. The van der Waals surface area contributed by atoms with Crippen molar-refractivity contribution in [2.24, 2.45) is 0 Å². The molecule has 0 aliphatic carbocycles. The van der Waals surface area contributed by atoms with E-state index in [-0.39, 0.29) is 33.4 Å². The maximum Gasteiger partial charge on any atom is 0.573 e. The van der Waals surface area contributed by atoms with Crippen LogP contribution in [0.25, 0.3) is 10.9 Å². The van der Waals surface area contributed by atoms with E-state index < -0.39 is 24.0 Å². The molecule has 0 radical (unpaired) electrons. The Labute approximate surface area is 168 Å². The maximum atomic E-state index is 12.7. The molecule has 7 nitrogen and oxygen atoms in total. The van der Waals surface area contributed by atoms with Crippen molar-refractivity contribution >= 4 is 34.2 Å². The van der Waals surface area contributed by atoms with E-state index in [2.05, 4.69) is 15.0 Å². The third-order valence-electron chi connectivity index (χ3n) is 4.13. The average Bonchev–Trinajstić information content (AvgIpc) is 2.66. The number of hydrogen-bond donors (Lipinski definition) is 2. The molecule has 0 saturated heterocycles. The Kier molecular flexibility index (Phi) is 5.50. The highest BCUT2D eigenvalue weighted by atomic mass is 19.4. The van der Waals surface area contributed by atoms with Gasteiger partial charge < -0.3 is 20.1 Å². The number of ether oxygens (including phenoxy) is 1. The summed E-state index contributed by atoms with van der Waals surface area (Å²) >= 11 is 0. The molecule has 0 aliphatic rings. The van der Waals surface area contributed by atoms with Crippen LogP contribution in [-0.4, -0.2) is 47.3 Å². The summed E-state index contributed by atoms with van der Waals surface area (Å²) in [5, 5.41) is 12.5. The number of benzene rings is 2. The van der Waals surface area contributed by atoms with Crippen LogP contribution in [0.5, 0.6) is 5.75 Å². The zero-order chi connectivity index (χ0) is 22.1. The van der Waals surface area contributed by atoms with Crippen LogP contribution in [0.15, 0.2) is 48.7 Å². The molecule has 0 fully saturated rings. The molecule has 30 heavy (non-hydrogen) atoms. The first-order chi connectivity index (χ1) is 14.1. The number of nitrogens with one attached hydrogen (secondary N) is 1. The molecule has 3 rings (SSSR count). The zero-order valence-electron chi connectivity index (χ0n) is 15.8. The van der Waals surface area contributed by atoms with Gasteiger partial charge in [0.25, 0.3) is 5.91 Å². The molecule has 2 N–H and O–H groups in total. The molecule has 0 unspecified atom stereocenters. The number of aromatic carboxylic acids is 1. The summed E-state index contributed by atoms with van der Waals surface area (Å²) in [4.78, 5) is 29.6. The fourth-order valence-electron chi connectivity index (χ4n) is 2.82. The number of nitrogens with zero attached hydrogens (tertiary/aromatic N) is 2. The topological polar surface area (TPSA) is 91.8 Å². The number of alkyl halides is 3. The number of rotatable bonds is 5. The molecule has 156 valence electrons. The molecule has 0 saturated carbocycles. The van der Waals surface area contributed by atoms with Crippen molar-refractivity contribution in [1.82, 2.24) is 9.88 Å². The van der Waals surface area contributed by atoms with Gasteiger partial charge in [-0.2, -0.15) is 0 Å². The van der Waals surface area contributed by atoms with Gasteiger partial charge in [0.2, 0.25) is 0 Å². The van der Waals surface area contributed by atoms with Gasteiger partial charge in [-0.15, -0.1) is 13.2 Å². The third-order valence-corrected chi connectivity index (χ3v) is 4.13. The number of carbonyl (C=O) groups is 2. The van der Waals surface area contributed by atoms with Crippen molar-refractivity contribution in [1.29, 1.82) is 0 Å². The van der Waals surface area contributed by atoms with Crippen molar-refractivity contribution in [2.75, 3.05) is 19.4 Å². The van der Waals surface area contributed by atoms with E-state index in [1.54, 1.807) is 6.07 Å². The number of carboxylic acid groups (broad SMARTS) is 1. The second-order valence-electron chi connectivity index (χ2n) is 6.45. The van der Waals surface area contributed by atoms with Crippen molar-refractivity contribution < 1.29 is 32.6 Å². The largest absolute Gasteiger partial charge is 0.573 e. The lowest BCUT2D eigenvalue weighted by molar-refractivity contribution is -0.274. The number of aromatic nitrogens is 1. The number of amides is 1. The minimum Gasteiger partial charge on any atom is -0.478 e. The monoisotopic (exact) mass is 419 g/mol. The molecular weight excluding hydrogens is 403 g/mol. The number of pyridine rings is 1. The molecule has 2 aromatic carbocycles. The molecule has 3 aromatic rings. The smallest absolute Gasteiger partial charge is 0.478 e. The van der Waals surface area contributed by atoms with E-state index in [0.29, 0.717) is 0 Å². The summed E-state index contributed by atoms with van der Waals surface area (Å²) in [5.74, 6) is -2.18. The van der Waals surface area contributed by atoms with E-state index in [9.17, 15) is 27.9 Å². The Balaban J connectivity index is 2.24. The van der Waals surface area contributed by atoms with Crippen LogP contribution < -0.4 is 10.1 Å². The number of halogens is 3. The SMILES string of the molecule is CN(C)C(=O)c1cnc2ccc(OC(F)(F)F)cc2c1Nc1ccccc1C(=O)O. The van der Waals surface area contributed by atoms with E-state index in [1.165, 1.54) is 49.5 Å². The average molecular weight is 419 g/mol. The summed E-state index contributed by atoms with van der Waals surface area (Å²) in [5.41, 5.74) is 0.535. The van der Waals surface area contributed by atoms with Crippen LogP contribution in [0, 0.1) is 0 Å². The van der Waals surface area contributed by atoms with Crippen molar-refractivity contribution in [3.05, 3.63) is 59.8 Å². The molecule has 1 heterocycles. The Morgan fingerprint density at radius 1 is 1.10 bits per heavy atom. The lowest BCUT2D eigenvalue weighted by Crippen LogP contribution is -2.23. The summed E-state index contributed by atoms with van der Waals surface area (Å²) in [6.07, 6.45) is -3.62. The first-order valence-electron chi connectivity index (χ1n) is 8.56. The number of hydrogen-bond acceptors (Lipinski definition) is 5. The van der Waals surface area contributed by atoms with Gasteiger partial charge in [-0.25, -0.2) is 4.79 Å². The minimum atomic E-state index is -4.90. The normalized spacial score (nSPS) is 11.2. The van der Waals surface area contributed by atoms with Gasteiger partial charge in [0, 0.05) is 25.7 Å². The van der Waals surface area contributed by atoms with Gasteiger partial charge in [0.1, 0.15) is 5.75 Å². The Morgan fingerprint density at radius 2 is 1.80 bits per heavy atom. The lowest BCUT2D eigenvalue weighted by atomic mass is 10.1. The molecule has 10 heteroatoms. The fourth-order valence-corrected chi connectivity index (χ4v) is 2.82. The highest BCUT2D eigenvalue weighted by molar-refractivity contribution is 6.09. The van der Waals surface area contributed by atoms with Crippen molar-refractivity contribution in [3.8, 4) is 5.75 Å². The highest BCUT2D eigenvalue weighted by Crippen LogP contribution is 2.34. The number of anilines is 2. The van der Waals surface area contributed by atoms with Gasteiger partial charge in [0.15, 0.2) is 0 Å². The van der Waals surface area contributed by atoms with Crippen LogP contribution >= 0.6 is 0 Å². The van der Waals surface area contributed by atoms with Crippen LogP contribution in [0.1, 0.15) is 20.7 Å². The van der Waals surface area contributed by atoms with Crippen molar-refractivity contribution in [2.45, 2.75) is 6.36 Å². The first-order valence-corrected chi connectivity index (χ1v) is 8.56. The molecule has 0 aliphatic heterocycles. The van der Waals surface area contributed by atoms with E-state index in [0.717, 1.165) is 12.1 Å². The summed E-state index contributed by atoms with van der Waals surface area (Å²) < 4.78 is 42.0. The Bertz CT molecular complexity index is 1130. The summed E-state index contributed by atoms with van der Waals surface area (Å²) in [6.45, 7) is 0. The highest BCUT2D eigenvalue weighted by Gasteiger charge is 2.31. The van der Waals surface area contributed by atoms with E-state index in [1.807, 2.05) is 0 Å². The second-order valence-corrected chi connectivity index (χ2v) is 6.45. The van der Waals surface area contributed by atoms with Crippen LogP contribution in [0.4, 0.5) is 24.5 Å². The Morgan fingerprint density at radius 3 is 2.43 bits per heavy atom. The first kappa shape index (κ1) is 20.9. The molecule has 0 bridgehead atoms.